The maximum absolute atomic E-state index is 3.94. The Morgan fingerprint density at radius 2 is 1.70 bits per heavy atom. The van der Waals surface area contributed by atoms with Crippen LogP contribution in [0.1, 0.15) is 47.0 Å². The van der Waals surface area contributed by atoms with E-state index >= 15 is 0 Å². The summed E-state index contributed by atoms with van der Waals surface area (Å²) in [7, 11) is 4.37. The zero-order valence-electron chi connectivity index (χ0n) is 14.4. The van der Waals surface area contributed by atoms with Gasteiger partial charge in [-0.05, 0) is 66.5 Å². The number of fused-ring (bicyclic) bond motifs is 2. The molecule has 0 spiro atoms. The predicted octanol–water partition coefficient (Wildman–Crippen LogP) is 2.43. The van der Waals surface area contributed by atoms with Crippen LogP contribution in [0.5, 0.6) is 0 Å². The van der Waals surface area contributed by atoms with Gasteiger partial charge in [-0.15, -0.1) is 0 Å². The van der Waals surface area contributed by atoms with Crippen molar-refractivity contribution in [2.24, 2.45) is 11.8 Å². The zero-order chi connectivity index (χ0) is 14.9. The monoisotopic (exact) mass is 281 g/mol. The Balaban J connectivity index is 1.95. The second kappa shape index (κ2) is 6.33. The molecule has 1 saturated heterocycles. The molecule has 0 amide bonds. The van der Waals surface area contributed by atoms with Crippen molar-refractivity contribution < 1.29 is 0 Å². The van der Waals surface area contributed by atoms with E-state index < -0.39 is 0 Å². The van der Waals surface area contributed by atoms with E-state index in [9.17, 15) is 0 Å². The number of nitrogens with zero attached hydrogens (tertiary/aromatic N) is 2. The first-order valence-corrected chi connectivity index (χ1v) is 8.46. The van der Waals surface area contributed by atoms with Gasteiger partial charge in [0.25, 0.3) is 0 Å². The molecule has 2 fully saturated rings. The molecule has 1 aliphatic carbocycles. The lowest BCUT2D eigenvalue weighted by atomic mass is 9.73. The first-order chi connectivity index (χ1) is 9.31. The fraction of sp³-hybridized carbons (Fsp3) is 1.00. The lowest BCUT2D eigenvalue weighted by Gasteiger charge is -2.50. The van der Waals surface area contributed by atoms with Gasteiger partial charge in [-0.25, -0.2) is 0 Å². The summed E-state index contributed by atoms with van der Waals surface area (Å²) in [6.45, 7) is 13.1. The summed E-state index contributed by atoms with van der Waals surface area (Å²) in [5.74, 6) is 1.73. The summed E-state index contributed by atoms with van der Waals surface area (Å²) in [6, 6.07) is 1.45. The number of rotatable bonds is 5. The molecule has 3 heteroatoms. The van der Waals surface area contributed by atoms with Crippen LogP contribution in [0.2, 0.25) is 0 Å². The lowest BCUT2D eigenvalue weighted by Crippen LogP contribution is -2.60. The highest BCUT2D eigenvalue weighted by molar-refractivity contribution is 4.96. The van der Waals surface area contributed by atoms with Gasteiger partial charge in [0.15, 0.2) is 0 Å². The van der Waals surface area contributed by atoms with E-state index in [2.05, 4.69) is 56.9 Å². The van der Waals surface area contributed by atoms with Crippen molar-refractivity contribution in [3.63, 3.8) is 0 Å². The average molecular weight is 281 g/mol. The smallest absolute Gasteiger partial charge is 0.0271 e. The minimum absolute atomic E-state index is 0.240. The predicted molar refractivity (Wildman–Crippen MR) is 87.1 cm³/mol. The Morgan fingerprint density at radius 1 is 1.15 bits per heavy atom. The maximum atomic E-state index is 3.94. The van der Waals surface area contributed by atoms with Crippen LogP contribution in [0.25, 0.3) is 0 Å². The molecular formula is C17H35N3. The van der Waals surface area contributed by atoms with E-state index in [1.807, 2.05) is 0 Å². The van der Waals surface area contributed by atoms with Crippen LogP contribution in [0, 0.1) is 11.8 Å². The van der Waals surface area contributed by atoms with Crippen molar-refractivity contribution in [2.45, 2.75) is 64.6 Å². The highest BCUT2D eigenvalue weighted by atomic mass is 15.2. The van der Waals surface area contributed by atoms with Gasteiger partial charge in [-0.1, -0.05) is 6.42 Å². The Kier molecular flexibility index (Phi) is 5.14. The summed E-state index contributed by atoms with van der Waals surface area (Å²) in [5, 5.41) is 3.94. The highest BCUT2D eigenvalue weighted by Crippen LogP contribution is 2.35. The molecular weight excluding hydrogens is 246 g/mol. The van der Waals surface area contributed by atoms with Gasteiger partial charge in [0.1, 0.15) is 0 Å². The lowest BCUT2D eigenvalue weighted by molar-refractivity contribution is 0.0239. The Labute approximate surface area is 126 Å². The molecule has 2 atom stereocenters. The fourth-order valence-corrected chi connectivity index (χ4v) is 3.75. The summed E-state index contributed by atoms with van der Waals surface area (Å²) in [6.07, 6.45) is 4.27. The standard InChI is InChI=1S/C17H35N3/c1-13(2)20-10-14-8-7-9-15(11-20)16(14)18-12-17(3,4)19(5)6/h13-16,18H,7-12H2,1-6H3. The summed E-state index contributed by atoms with van der Waals surface area (Å²) in [5.41, 5.74) is 0.240. The van der Waals surface area contributed by atoms with E-state index in [0.717, 1.165) is 24.4 Å². The fourth-order valence-electron chi connectivity index (χ4n) is 3.75. The first kappa shape index (κ1) is 16.3. The van der Waals surface area contributed by atoms with Crippen LogP contribution >= 0.6 is 0 Å². The Morgan fingerprint density at radius 3 is 2.15 bits per heavy atom. The number of likely N-dealkylation sites (N-methyl/N-ethyl adjacent to an activating group) is 1. The Bertz CT molecular complexity index is 297. The Hall–Kier alpha value is -0.120. The molecule has 1 N–H and O–H groups in total. The molecule has 1 heterocycles. The maximum Gasteiger partial charge on any atom is 0.0271 e. The largest absolute Gasteiger partial charge is 0.312 e. The van der Waals surface area contributed by atoms with Crippen LogP contribution in [0.15, 0.2) is 0 Å². The minimum atomic E-state index is 0.240. The molecule has 0 aromatic heterocycles. The van der Waals surface area contributed by atoms with E-state index in [0.29, 0.717) is 6.04 Å². The van der Waals surface area contributed by atoms with Crippen molar-refractivity contribution in [1.82, 2.24) is 15.1 Å². The van der Waals surface area contributed by atoms with Gasteiger partial charge < -0.3 is 15.1 Å². The van der Waals surface area contributed by atoms with Gasteiger partial charge in [0.05, 0.1) is 0 Å². The molecule has 0 radical (unpaired) electrons. The molecule has 1 aliphatic heterocycles. The molecule has 0 aromatic carbocycles. The second-order valence-corrected chi connectivity index (χ2v) is 8.11. The van der Waals surface area contributed by atoms with Crippen molar-refractivity contribution in [3.8, 4) is 0 Å². The first-order valence-electron chi connectivity index (χ1n) is 8.46. The van der Waals surface area contributed by atoms with E-state index in [4.69, 9.17) is 0 Å². The van der Waals surface area contributed by atoms with Crippen molar-refractivity contribution >= 4 is 0 Å². The van der Waals surface area contributed by atoms with E-state index in [1.165, 1.54) is 32.4 Å². The van der Waals surface area contributed by atoms with Crippen molar-refractivity contribution in [3.05, 3.63) is 0 Å². The highest BCUT2D eigenvalue weighted by Gasteiger charge is 2.40. The van der Waals surface area contributed by atoms with E-state index in [-0.39, 0.29) is 5.54 Å². The summed E-state index contributed by atoms with van der Waals surface area (Å²) < 4.78 is 0. The minimum Gasteiger partial charge on any atom is -0.312 e. The molecule has 0 aromatic rings. The molecule has 1 saturated carbocycles. The molecule has 118 valence electrons. The molecule has 2 rings (SSSR count). The average Bonchev–Trinajstić information content (AvgIpc) is 2.34. The van der Waals surface area contributed by atoms with Crippen molar-refractivity contribution in [1.29, 1.82) is 0 Å². The van der Waals surface area contributed by atoms with Gasteiger partial charge in [-0.3, -0.25) is 0 Å². The number of hydrogen-bond acceptors (Lipinski definition) is 3. The number of hydrogen-bond donors (Lipinski definition) is 1. The van der Waals surface area contributed by atoms with Crippen LogP contribution in [0.4, 0.5) is 0 Å². The van der Waals surface area contributed by atoms with Crippen LogP contribution in [-0.2, 0) is 0 Å². The summed E-state index contributed by atoms with van der Waals surface area (Å²) >= 11 is 0. The van der Waals surface area contributed by atoms with Gasteiger partial charge in [0.2, 0.25) is 0 Å². The number of piperidine rings is 1. The molecule has 2 aliphatic rings. The van der Waals surface area contributed by atoms with Gasteiger partial charge >= 0.3 is 0 Å². The molecule has 3 nitrogen and oxygen atoms in total. The van der Waals surface area contributed by atoms with Gasteiger partial charge in [0, 0.05) is 37.3 Å². The molecule has 2 bridgehead atoms. The van der Waals surface area contributed by atoms with Gasteiger partial charge in [-0.2, -0.15) is 0 Å². The summed E-state index contributed by atoms with van der Waals surface area (Å²) in [4.78, 5) is 5.03. The SMILES string of the molecule is CC(C)N1CC2CCCC(C1)C2NCC(C)(C)N(C)C. The molecule has 20 heavy (non-hydrogen) atoms. The third-order valence-corrected chi connectivity index (χ3v) is 5.81. The number of likely N-dealkylation sites (tertiary alicyclic amines) is 1. The van der Waals surface area contributed by atoms with Crippen LogP contribution < -0.4 is 5.32 Å². The van der Waals surface area contributed by atoms with Crippen LogP contribution in [0.3, 0.4) is 0 Å². The molecule has 2 unspecified atom stereocenters. The normalized spacial score (nSPS) is 32.1. The van der Waals surface area contributed by atoms with E-state index in [1.54, 1.807) is 0 Å². The quantitative estimate of drug-likeness (QED) is 0.835. The number of nitrogens with one attached hydrogen (secondary N) is 1. The third kappa shape index (κ3) is 3.55. The third-order valence-electron chi connectivity index (χ3n) is 5.81. The zero-order valence-corrected chi connectivity index (χ0v) is 14.4. The van der Waals surface area contributed by atoms with Crippen LogP contribution in [-0.4, -0.2) is 61.2 Å². The van der Waals surface area contributed by atoms with Crippen molar-refractivity contribution in [2.75, 3.05) is 33.7 Å². The second-order valence-electron chi connectivity index (χ2n) is 8.11. The topological polar surface area (TPSA) is 18.5 Å².